The Kier molecular flexibility index (Phi) is 6.83. The standard InChI is InChI=1S/C27H20ClN3O6S/c1-3-36-26(33)23-15(2)29-27-30(24(23)19-6-4-5-7-20(19)28)25(32)22(38-27)14-18-12-13-21(37-18)16-8-10-17(11-9-16)31(34)35/h4-14,24H,3H2,1-2H3/b22-14-/t24-/m1/s1. The molecule has 2 aromatic heterocycles. The van der Waals surface area contributed by atoms with E-state index in [1.165, 1.54) is 28.0 Å². The Balaban J connectivity index is 1.61. The summed E-state index contributed by atoms with van der Waals surface area (Å²) < 4.78 is 13.0. The van der Waals surface area contributed by atoms with Crippen LogP contribution in [0.1, 0.15) is 31.2 Å². The van der Waals surface area contributed by atoms with Crippen molar-refractivity contribution in [1.82, 2.24) is 4.57 Å². The number of nitro groups is 1. The van der Waals surface area contributed by atoms with E-state index >= 15 is 0 Å². The summed E-state index contributed by atoms with van der Waals surface area (Å²) >= 11 is 7.68. The molecule has 2 aromatic carbocycles. The van der Waals surface area contributed by atoms with Crippen LogP contribution in [-0.4, -0.2) is 22.1 Å². The van der Waals surface area contributed by atoms with Gasteiger partial charge in [-0.05, 0) is 49.7 Å². The summed E-state index contributed by atoms with van der Waals surface area (Å²) in [5.74, 6) is 0.347. The van der Waals surface area contributed by atoms with Crippen molar-refractivity contribution >= 4 is 40.7 Å². The molecule has 11 heteroatoms. The molecule has 1 aliphatic rings. The number of fused-ring (bicyclic) bond motifs is 1. The van der Waals surface area contributed by atoms with Gasteiger partial charge in [-0.3, -0.25) is 19.5 Å². The number of carbonyl (C=O) groups is 1. The van der Waals surface area contributed by atoms with Crippen molar-refractivity contribution in [3.63, 3.8) is 0 Å². The average Bonchev–Trinajstić information content (AvgIpc) is 3.48. The second kappa shape index (κ2) is 10.2. The highest BCUT2D eigenvalue weighted by Crippen LogP contribution is 2.34. The molecule has 0 bridgehead atoms. The minimum atomic E-state index is -0.812. The number of allylic oxidation sites excluding steroid dienone is 1. The van der Waals surface area contributed by atoms with Crippen molar-refractivity contribution in [2.24, 2.45) is 4.99 Å². The maximum absolute atomic E-state index is 13.7. The van der Waals surface area contributed by atoms with Crippen LogP contribution in [-0.2, 0) is 9.53 Å². The largest absolute Gasteiger partial charge is 0.463 e. The van der Waals surface area contributed by atoms with Gasteiger partial charge in [-0.2, -0.15) is 0 Å². The molecule has 4 aromatic rings. The highest BCUT2D eigenvalue weighted by Gasteiger charge is 2.34. The van der Waals surface area contributed by atoms with E-state index in [1.807, 2.05) is 0 Å². The Hall–Kier alpha value is -4.28. The smallest absolute Gasteiger partial charge is 0.338 e. The molecule has 0 fully saturated rings. The number of furan rings is 1. The van der Waals surface area contributed by atoms with Crippen molar-refractivity contribution in [2.45, 2.75) is 19.9 Å². The first-order valence-electron chi connectivity index (χ1n) is 11.6. The number of nitrogens with zero attached hydrogens (tertiary/aromatic N) is 3. The van der Waals surface area contributed by atoms with E-state index in [2.05, 4.69) is 4.99 Å². The van der Waals surface area contributed by atoms with Gasteiger partial charge in [0.05, 0.1) is 27.3 Å². The van der Waals surface area contributed by atoms with Crippen LogP contribution in [0.15, 0.2) is 86.1 Å². The summed E-state index contributed by atoms with van der Waals surface area (Å²) in [6.07, 6.45) is 1.60. The molecule has 9 nitrogen and oxygen atoms in total. The summed E-state index contributed by atoms with van der Waals surface area (Å²) in [5, 5.41) is 11.3. The van der Waals surface area contributed by atoms with E-state index in [0.29, 0.717) is 42.7 Å². The number of hydrogen-bond donors (Lipinski definition) is 0. The van der Waals surface area contributed by atoms with Crippen LogP contribution in [0.3, 0.4) is 0 Å². The second-order valence-electron chi connectivity index (χ2n) is 8.33. The first-order chi connectivity index (χ1) is 18.3. The Morgan fingerprint density at radius 1 is 1.21 bits per heavy atom. The number of ether oxygens (including phenoxy) is 1. The van der Waals surface area contributed by atoms with Gasteiger partial charge in [-0.1, -0.05) is 41.1 Å². The van der Waals surface area contributed by atoms with Crippen LogP contribution in [0.2, 0.25) is 5.02 Å². The number of benzene rings is 2. The van der Waals surface area contributed by atoms with Gasteiger partial charge in [0.15, 0.2) is 4.80 Å². The molecule has 3 heterocycles. The molecular formula is C27H20ClN3O6S. The van der Waals surface area contributed by atoms with Gasteiger partial charge in [-0.15, -0.1) is 0 Å². The van der Waals surface area contributed by atoms with Crippen molar-refractivity contribution in [1.29, 1.82) is 0 Å². The third-order valence-electron chi connectivity index (χ3n) is 5.98. The van der Waals surface area contributed by atoms with Crippen molar-refractivity contribution in [2.75, 3.05) is 6.61 Å². The summed E-state index contributed by atoms with van der Waals surface area (Å²) in [6, 6.07) is 15.6. The minimum Gasteiger partial charge on any atom is -0.463 e. The van der Waals surface area contributed by atoms with E-state index in [0.717, 1.165) is 0 Å². The van der Waals surface area contributed by atoms with E-state index in [-0.39, 0.29) is 23.4 Å². The number of rotatable bonds is 6. The molecule has 1 atom stereocenters. The monoisotopic (exact) mass is 549 g/mol. The zero-order valence-corrected chi connectivity index (χ0v) is 21.8. The lowest BCUT2D eigenvalue weighted by Gasteiger charge is -2.25. The molecule has 0 radical (unpaired) electrons. The number of hydrogen-bond acceptors (Lipinski definition) is 8. The van der Waals surface area contributed by atoms with Gasteiger partial charge in [0.25, 0.3) is 11.2 Å². The minimum absolute atomic E-state index is 0.0211. The summed E-state index contributed by atoms with van der Waals surface area (Å²) in [6.45, 7) is 3.59. The first kappa shape index (κ1) is 25.4. The quantitative estimate of drug-likeness (QED) is 0.197. The van der Waals surface area contributed by atoms with E-state index in [4.69, 9.17) is 20.8 Å². The van der Waals surface area contributed by atoms with Gasteiger partial charge >= 0.3 is 5.97 Å². The van der Waals surface area contributed by atoms with Crippen LogP contribution in [0, 0.1) is 10.1 Å². The number of non-ortho nitro benzene ring substituents is 1. The fourth-order valence-electron chi connectivity index (χ4n) is 4.24. The lowest BCUT2D eigenvalue weighted by atomic mass is 9.96. The zero-order valence-electron chi connectivity index (χ0n) is 20.2. The van der Waals surface area contributed by atoms with E-state index < -0.39 is 16.9 Å². The lowest BCUT2D eigenvalue weighted by Crippen LogP contribution is -2.40. The van der Waals surface area contributed by atoms with Gasteiger partial charge in [-0.25, -0.2) is 9.79 Å². The van der Waals surface area contributed by atoms with Crippen LogP contribution in [0.5, 0.6) is 0 Å². The normalized spacial score (nSPS) is 15.2. The zero-order chi connectivity index (χ0) is 27.0. The Labute approximate surface area is 224 Å². The number of halogens is 1. The number of carbonyl (C=O) groups excluding carboxylic acids is 1. The van der Waals surface area contributed by atoms with E-state index in [9.17, 15) is 19.7 Å². The number of nitro benzene ring substituents is 1. The molecule has 0 aliphatic carbocycles. The fourth-order valence-corrected chi connectivity index (χ4v) is 5.51. The van der Waals surface area contributed by atoms with E-state index in [1.54, 1.807) is 68.5 Å². The fraction of sp³-hybridized carbons (Fsp3) is 0.148. The number of aromatic nitrogens is 1. The van der Waals surface area contributed by atoms with Crippen molar-refractivity contribution in [3.05, 3.63) is 118 Å². The third-order valence-corrected chi connectivity index (χ3v) is 7.31. The predicted octanol–water partition coefficient (Wildman–Crippen LogP) is 4.62. The number of esters is 1. The van der Waals surface area contributed by atoms with Crippen LogP contribution in [0.25, 0.3) is 17.4 Å². The topological polar surface area (TPSA) is 117 Å². The first-order valence-corrected chi connectivity index (χ1v) is 12.8. The SMILES string of the molecule is CCOC(=O)C1=C(C)N=c2s/c(=C\c3ccc(-c4ccc([N+](=O)[O-])cc4)o3)c(=O)n2[C@@H]1c1ccccc1Cl. The lowest BCUT2D eigenvalue weighted by molar-refractivity contribution is -0.384. The predicted molar refractivity (Wildman–Crippen MR) is 143 cm³/mol. The molecule has 5 rings (SSSR count). The summed E-state index contributed by atoms with van der Waals surface area (Å²) in [4.78, 5) is 42.1. The van der Waals surface area contributed by atoms with Crippen LogP contribution < -0.4 is 14.9 Å². The summed E-state index contributed by atoms with van der Waals surface area (Å²) in [7, 11) is 0. The molecule has 192 valence electrons. The molecule has 38 heavy (non-hydrogen) atoms. The third kappa shape index (κ3) is 4.59. The van der Waals surface area contributed by atoms with Crippen LogP contribution >= 0.6 is 22.9 Å². The molecule has 0 N–H and O–H groups in total. The van der Waals surface area contributed by atoms with Crippen molar-refractivity contribution in [3.8, 4) is 11.3 Å². The molecule has 1 aliphatic heterocycles. The molecule has 0 saturated carbocycles. The van der Waals surface area contributed by atoms with Crippen molar-refractivity contribution < 1.29 is 18.9 Å². The number of thiazole rings is 1. The summed E-state index contributed by atoms with van der Waals surface area (Å²) in [5.41, 5.74) is 1.55. The second-order valence-corrected chi connectivity index (χ2v) is 9.75. The Morgan fingerprint density at radius 3 is 2.63 bits per heavy atom. The molecule has 0 amide bonds. The highest BCUT2D eigenvalue weighted by molar-refractivity contribution is 7.07. The Morgan fingerprint density at radius 2 is 1.95 bits per heavy atom. The Bertz CT molecular complexity index is 1780. The van der Waals surface area contributed by atoms with Gasteiger partial charge in [0.1, 0.15) is 17.6 Å². The molecule has 0 saturated heterocycles. The molecule has 0 unspecified atom stereocenters. The maximum atomic E-state index is 13.7. The van der Waals surface area contributed by atoms with Gasteiger partial charge in [0.2, 0.25) is 0 Å². The highest BCUT2D eigenvalue weighted by atomic mass is 35.5. The van der Waals surface area contributed by atoms with Gasteiger partial charge < -0.3 is 9.15 Å². The van der Waals surface area contributed by atoms with Crippen LogP contribution in [0.4, 0.5) is 5.69 Å². The molecule has 0 spiro atoms. The molecular weight excluding hydrogens is 530 g/mol. The van der Waals surface area contributed by atoms with Gasteiger partial charge in [0, 0.05) is 28.8 Å². The average molecular weight is 550 g/mol. The maximum Gasteiger partial charge on any atom is 0.338 e.